The van der Waals surface area contributed by atoms with Gasteiger partial charge in [0.2, 0.25) is 0 Å². The van der Waals surface area contributed by atoms with E-state index in [1.54, 1.807) is 0 Å². The normalized spacial score (nSPS) is 12.1. The van der Waals surface area contributed by atoms with Crippen molar-refractivity contribution in [3.05, 3.63) is 117 Å². The van der Waals surface area contributed by atoms with E-state index in [4.69, 9.17) is 11.6 Å². The van der Waals surface area contributed by atoms with Gasteiger partial charge in [0, 0.05) is 4.47 Å². The summed E-state index contributed by atoms with van der Waals surface area (Å²) < 4.78 is 0.965. The van der Waals surface area contributed by atoms with Gasteiger partial charge in [0.25, 0.3) is 0 Å². The molecule has 42 heavy (non-hydrogen) atoms. The predicted molar refractivity (Wildman–Crippen MR) is 190 cm³/mol. The highest BCUT2D eigenvalue weighted by atomic mass is 79.9. The highest BCUT2D eigenvalue weighted by molar-refractivity contribution is 9.10. The van der Waals surface area contributed by atoms with Crippen LogP contribution in [0.5, 0.6) is 0 Å². The first-order valence-corrected chi connectivity index (χ1v) is 16.3. The van der Waals surface area contributed by atoms with Gasteiger partial charge >= 0.3 is 0 Å². The van der Waals surface area contributed by atoms with Crippen molar-refractivity contribution in [1.29, 1.82) is 0 Å². The van der Waals surface area contributed by atoms with Crippen LogP contribution in [0.25, 0.3) is 54.6 Å². The molecule has 0 saturated heterocycles. The predicted octanol–water partition coefficient (Wildman–Crippen LogP) is 13.6. The Bertz CT molecular complexity index is 1900. The molecular formula is C40H38BrCl. The summed E-state index contributed by atoms with van der Waals surface area (Å²) in [5.41, 5.74) is 11.2. The second kappa shape index (κ2) is 11.2. The summed E-state index contributed by atoms with van der Waals surface area (Å²) in [5, 5.41) is 8.89. The Labute approximate surface area is 263 Å². The number of rotatable bonds is 3. The van der Waals surface area contributed by atoms with Crippen molar-refractivity contribution in [2.24, 2.45) is 0 Å². The van der Waals surface area contributed by atoms with E-state index in [2.05, 4.69) is 149 Å². The first-order chi connectivity index (χ1) is 20.1. The van der Waals surface area contributed by atoms with Crippen LogP contribution in [0.15, 0.2) is 89.4 Å². The summed E-state index contributed by atoms with van der Waals surface area (Å²) in [6.45, 7) is 15.9. The molecule has 0 N–H and O–H groups in total. The number of halogens is 2. The Morgan fingerprint density at radius 2 is 1.12 bits per heavy atom. The Hall–Kier alpha value is -3.13. The highest BCUT2D eigenvalue weighted by Crippen LogP contribution is 2.56. The maximum Gasteiger partial charge on any atom is 0.0554 e. The van der Waals surface area contributed by atoms with Crippen molar-refractivity contribution in [1.82, 2.24) is 0 Å². The fourth-order valence-corrected chi connectivity index (χ4v) is 7.53. The SMILES string of the molecule is CC(C)c1c2c(c(C(C)C)c3cc(Br)c(Cl)cc13)-c1cccc3cccc-2c13.Cc1ccc(C(C)C)c2ccccc12. The minimum absolute atomic E-state index is 0.402. The largest absolute Gasteiger partial charge is 0.0831 e. The molecule has 0 spiro atoms. The molecule has 6 aromatic rings. The smallest absolute Gasteiger partial charge is 0.0554 e. The van der Waals surface area contributed by atoms with Gasteiger partial charge in [-0.1, -0.05) is 126 Å². The van der Waals surface area contributed by atoms with E-state index in [0.717, 1.165) is 9.50 Å². The fraction of sp³-hybridized carbons (Fsp3) is 0.250. The zero-order valence-corrected chi connectivity index (χ0v) is 27.9. The van der Waals surface area contributed by atoms with E-state index >= 15 is 0 Å². The topological polar surface area (TPSA) is 0 Å². The zero-order chi connectivity index (χ0) is 29.9. The monoisotopic (exact) mass is 632 g/mol. The second-order valence-electron chi connectivity index (χ2n) is 12.6. The van der Waals surface area contributed by atoms with Gasteiger partial charge in [0.05, 0.1) is 5.02 Å². The van der Waals surface area contributed by atoms with Crippen molar-refractivity contribution in [2.45, 2.75) is 66.2 Å². The molecule has 0 fully saturated rings. The molecule has 0 aromatic heterocycles. The average Bonchev–Trinajstić information content (AvgIpc) is 3.28. The third kappa shape index (κ3) is 4.66. The van der Waals surface area contributed by atoms with Gasteiger partial charge in [-0.2, -0.15) is 0 Å². The Morgan fingerprint density at radius 1 is 0.571 bits per heavy atom. The van der Waals surface area contributed by atoms with Crippen LogP contribution in [0.2, 0.25) is 5.02 Å². The van der Waals surface area contributed by atoms with Gasteiger partial charge in [0.15, 0.2) is 0 Å². The summed E-state index contributed by atoms with van der Waals surface area (Å²) in [5.74, 6) is 1.41. The lowest BCUT2D eigenvalue weighted by Crippen LogP contribution is -2.02. The van der Waals surface area contributed by atoms with Gasteiger partial charge in [-0.05, 0) is 130 Å². The summed E-state index contributed by atoms with van der Waals surface area (Å²) in [6.07, 6.45) is 0. The molecule has 0 saturated carbocycles. The van der Waals surface area contributed by atoms with Crippen LogP contribution in [0.3, 0.4) is 0 Å². The maximum absolute atomic E-state index is 6.57. The van der Waals surface area contributed by atoms with Crippen LogP contribution in [-0.4, -0.2) is 0 Å². The first-order valence-electron chi connectivity index (χ1n) is 15.1. The number of hydrogen-bond acceptors (Lipinski definition) is 0. The molecule has 7 rings (SSSR count). The second-order valence-corrected chi connectivity index (χ2v) is 13.8. The van der Waals surface area contributed by atoms with Crippen molar-refractivity contribution >= 4 is 59.8 Å². The summed E-state index contributed by atoms with van der Waals surface area (Å²) >= 11 is 10.2. The quantitative estimate of drug-likeness (QED) is 0.182. The molecule has 0 atom stereocenters. The third-order valence-electron chi connectivity index (χ3n) is 8.83. The molecule has 6 aromatic carbocycles. The van der Waals surface area contributed by atoms with Crippen LogP contribution in [-0.2, 0) is 0 Å². The molecule has 1 aliphatic rings. The molecule has 0 radical (unpaired) electrons. The van der Waals surface area contributed by atoms with Crippen LogP contribution >= 0.6 is 27.5 Å². The molecular weight excluding hydrogens is 596 g/mol. The number of hydrogen-bond donors (Lipinski definition) is 0. The summed E-state index contributed by atoms with van der Waals surface area (Å²) in [4.78, 5) is 0. The third-order valence-corrected chi connectivity index (χ3v) is 10.0. The molecule has 1 aliphatic carbocycles. The standard InChI is InChI=1S/C26H22BrCl.C14H16/c1-13(2)22-18-11-20(27)21(28)12-19(18)23(14(3)4)26-17-10-6-8-15-7-5-9-16(24(15)17)25(22)26;1-10(2)12-9-8-11(3)13-6-4-5-7-14(12)13/h5-14H,1-4H3;4-10H,1-3H3. The Kier molecular flexibility index (Phi) is 7.71. The minimum atomic E-state index is 0.402. The molecule has 0 aliphatic heterocycles. The van der Waals surface area contributed by atoms with Crippen molar-refractivity contribution in [3.8, 4) is 22.3 Å². The molecule has 0 bridgehead atoms. The van der Waals surface area contributed by atoms with Crippen LogP contribution in [0, 0.1) is 6.92 Å². The van der Waals surface area contributed by atoms with Crippen LogP contribution in [0.1, 0.15) is 81.5 Å². The van der Waals surface area contributed by atoms with E-state index < -0.39 is 0 Å². The lowest BCUT2D eigenvalue weighted by Gasteiger charge is -2.24. The lowest BCUT2D eigenvalue weighted by atomic mass is 9.80. The number of fused-ring (bicyclic) bond motifs is 5. The van der Waals surface area contributed by atoms with Crippen LogP contribution < -0.4 is 0 Å². The summed E-state index contributed by atoms with van der Waals surface area (Å²) in [6, 6.07) is 30.9. The van der Waals surface area contributed by atoms with Gasteiger partial charge in [0.1, 0.15) is 0 Å². The maximum atomic E-state index is 6.57. The lowest BCUT2D eigenvalue weighted by molar-refractivity contribution is 0.864. The van der Waals surface area contributed by atoms with Gasteiger partial charge in [-0.3, -0.25) is 0 Å². The van der Waals surface area contributed by atoms with Gasteiger partial charge in [-0.25, -0.2) is 0 Å². The first kappa shape index (κ1) is 29.0. The van der Waals surface area contributed by atoms with Crippen molar-refractivity contribution in [2.75, 3.05) is 0 Å². The molecule has 0 nitrogen and oxygen atoms in total. The number of aryl methyl sites for hydroxylation is 1. The van der Waals surface area contributed by atoms with Gasteiger partial charge < -0.3 is 0 Å². The zero-order valence-electron chi connectivity index (χ0n) is 25.6. The average molecular weight is 634 g/mol. The van der Waals surface area contributed by atoms with E-state index in [9.17, 15) is 0 Å². The number of benzene rings is 6. The van der Waals surface area contributed by atoms with Gasteiger partial charge in [-0.15, -0.1) is 0 Å². The minimum Gasteiger partial charge on any atom is -0.0831 e. The fourth-order valence-electron chi connectivity index (χ4n) is 7.02. The molecule has 0 unspecified atom stereocenters. The molecule has 212 valence electrons. The van der Waals surface area contributed by atoms with Crippen LogP contribution in [0.4, 0.5) is 0 Å². The van der Waals surface area contributed by atoms with Crippen molar-refractivity contribution < 1.29 is 0 Å². The van der Waals surface area contributed by atoms with E-state index in [1.165, 1.54) is 76.8 Å². The molecule has 0 amide bonds. The van der Waals surface area contributed by atoms with E-state index in [0.29, 0.717) is 17.8 Å². The Balaban J connectivity index is 0.000000189. The van der Waals surface area contributed by atoms with E-state index in [1.807, 2.05) is 0 Å². The van der Waals surface area contributed by atoms with E-state index in [-0.39, 0.29) is 0 Å². The highest BCUT2D eigenvalue weighted by Gasteiger charge is 2.31. The molecule has 0 heterocycles. The molecule has 2 heteroatoms. The van der Waals surface area contributed by atoms with Crippen molar-refractivity contribution in [3.63, 3.8) is 0 Å². The summed E-state index contributed by atoms with van der Waals surface area (Å²) in [7, 11) is 0. The Morgan fingerprint density at radius 3 is 1.67 bits per heavy atom.